The summed E-state index contributed by atoms with van der Waals surface area (Å²) in [6.07, 6.45) is 1.13. The fraction of sp³-hybridized carbons (Fsp3) is 0.923. The minimum absolute atomic E-state index is 0.149. The molecular weight excluding hydrogens is 220 g/mol. The van der Waals surface area contributed by atoms with Gasteiger partial charge in [-0.3, -0.25) is 0 Å². The average Bonchev–Trinajstić information content (AvgIpc) is 2.25. The van der Waals surface area contributed by atoms with Crippen LogP contribution in [-0.4, -0.2) is 37.0 Å². The van der Waals surface area contributed by atoms with Gasteiger partial charge in [-0.05, 0) is 19.3 Å². The van der Waals surface area contributed by atoms with E-state index in [1.54, 1.807) is 14.0 Å². The van der Waals surface area contributed by atoms with E-state index in [-0.39, 0.29) is 18.4 Å². The Balaban J connectivity index is 5.04. The molecule has 0 spiro atoms. The second-order valence-corrected chi connectivity index (χ2v) is 4.70. The van der Waals surface area contributed by atoms with Crippen molar-refractivity contribution in [3.63, 3.8) is 0 Å². The molecule has 0 aromatic heterocycles. The molecule has 0 bridgehead atoms. The molecule has 0 radical (unpaired) electrons. The summed E-state index contributed by atoms with van der Waals surface area (Å²) in [5, 5.41) is 10.6. The van der Waals surface area contributed by atoms with E-state index < -0.39 is 11.6 Å². The normalized spacial score (nSPS) is 16.6. The number of ether oxygens (including phenoxy) is 2. The molecule has 0 fully saturated rings. The molecule has 0 amide bonds. The summed E-state index contributed by atoms with van der Waals surface area (Å²) in [6.45, 7) is 8.27. The van der Waals surface area contributed by atoms with Crippen LogP contribution in [0.3, 0.4) is 0 Å². The monoisotopic (exact) mass is 246 g/mol. The molecule has 4 nitrogen and oxygen atoms in total. The van der Waals surface area contributed by atoms with Crippen molar-refractivity contribution in [2.75, 3.05) is 20.3 Å². The number of aliphatic hydroxyl groups is 1. The van der Waals surface area contributed by atoms with Gasteiger partial charge in [-0.25, -0.2) is 4.79 Å². The van der Waals surface area contributed by atoms with Crippen LogP contribution >= 0.6 is 0 Å². The topological polar surface area (TPSA) is 55.8 Å². The van der Waals surface area contributed by atoms with Gasteiger partial charge in [0.1, 0.15) is 0 Å². The zero-order valence-corrected chi connectivity index (χ0v) is 11.7. The first-order valence-corrected chi connectivity index (χ1v) is 6.32. The third-order valence-electron chi connectivity index (χ3n) is 3.02. The Morgan fingerprint density at radius 1 is 1.35 bits per heavy atom. The van der Waals surface area contributed by atoms with E-state index in [1.165, 1.54) is 0 Å². The highest BCUT2D eigenvalue weighted by atomic mass is 16.5. The van der Waals surface area contributed by atoms with Gasteiger partial charge in [-0.2, -0.15) is 0 Å². The van der Waals surface area contributed by atoms with Crippen LogP contribution in [0.15, 0.2) is 0 Å². The molecule has 17 heavy (non-hydrogen) atoms. The SMILES string of the molecule is CCCC(O)(C(=O)OCC)C(COC)C(C)C. The van der Waals surface area contributed by atoms with Crippen molar-refractivity contribution in [1.29, 1.82) is 0 Å². The maximum Gasteiger partial charge on any atom is 0.338 e. The average molecular weight is 246 g/mol. The molecule has 2 unspecified atom stereocenters. The lowest BCUT2D eigenvalue weighted by Crippen LogP contribution is -2.50. The van der Waals surface area contributed by atoms with Gasteiger partial charge >= 0.3 is 5.97 Å². The number of hydrogen-bond donors (Lipinski definition) is 1. The number of hydrogen-bond acceptors (Lipinski definition) is 4. The minimum Gasteiger partial charge on any atom is -0.464 e. The van der Waals surface area contributed by atoms with Crippen LogP contribution in [0.2, 0.25) is 0 Å². The largest absolute Gasteiger partial charge is 0.464 e. The van der Waals surface area contributed by atoms with Crippen LogP contribution in [-0.2, 0) is 14.3 Å². The lowest BCUT2D eigenvalue weighted by atomic mass is 9.77. The molecule has 0 rings (SSSR count). The van der Waals surface area contributed by atoms with Gasteiger partial charge in [0, 0.05) is 13.0 Å². The van der Waals surface area contributed by atoms with Crippen molar-refractivity contribution in [2.45, 2.75) is 46.1 Å². The number of esters is 1. The number of rotatable bonds is 8. The molecule has 4 heteroatoms. The maximum atomic E-state index is 11.9. The second-order valence-electron chi connectivity index (χ2n) is 4.70. The summed E-state index contributed by atoms with van der Waals surface area (Å²) in [6, 6.07) is 0. The van der Waals surface area contributed by atoms with Gasteiger partial charge in [-0.1, -0.05) is 27.2 Å². The fourth-order valence-corrected chi connectivity index (χ4v) is 2.14. The first-order valence-electron chi connectivity index (χ1n) is 6.32. The molecule has 0 saturated heterocycles. The first-order chi connectivity index (χ1) is 7.93. The van der Waals surface area contributed by atoms with Gasteiger partial charge in [-0.15, -0.1) is 0 Å². The fourth-order valence-electron chi connectivity index (χ4n) is 2.14. The van der Waals surface area contributed by atoms with Gasteiger partial charge in [0.15, 0.2) is 5.60 Å². The third-order valence-corrected chi connectivity index (χ3v) is 3.02. The highest BCUT2D eigenvalue weighted by Crippen LogP contribution is 2.31. The highest BCUT2D eigenvalue weighted by Gasteiger charge is 2.45. The van der Waals surface area contributed by atoms with E-state index in [0.717, 1.165) is 6.42 Å². The quantitative estimate of drug-likeness (QED) is 0.666. The Morgan fingerprint density at radius 2 is 1.94 bits per heavy atom. The molecule has 0 aliphatic heterocycles. The summed E-state index contributed by atoms with van der Waals surface area (Å²) in [5.74, 6) is -0.625. The third kappa shape index (κ3) is 4.28. The molecule has 102 valence electrons. The molecule has 0 saturated carbocycles. The van der Waals surface area contributed by atoms with Crippen LogP contribution in [0.25, 0.3) is 0 Å². The number of carbonyl (C=O) groups excluding carboxylic acids is 1. The van der Waals surface area contributed by atoms with Crippen LogP contribution in [0.1, 0.15) is 40.5 Å². The van der Waals surface area contributed by atoms with Crippen LogP contribution in [0, 0.1) is 11.8 Å². The molecule has 0 heterocycles. The van der Waals surface area contributed by atoms with Crippen molar-refractivity contribution >= 4 is 5.97 Å². The molecule has 1 N–H and O–H groups in total. The Morgan fingerprint density at radius 3 is 2.29 bits per heavy atom. The van der Waals surface area contributed by atoms with E-state index in [9.17, 15) is 9.90 Å². The lowest BCUT2D eigenvalue weighted by molar-refractivity contribution is -0.178. The standard InChI is InChI=1S/C13H26O4/c1-6-8-13(15,12(14)17-7-2)11(9-16-5)10(3)4/h10-11,15H,6-9H2,1-5H3. The second kappa shape index (κ2) is 7.67. The Labute approximate surface area is 104 Å². The van der Waals surface area contributed by atoms with Crippen LogP contribution in [0.5, 0.6) is 0 Å². The molecular formula is C13H26O4. The van der Waals surface area contributed by atoms with Crippen LogP contribution < -0.4 is 0 Å². The molecule has 0 aromatic carbocycles. The van der Waals surface area contributed by atoms with Gasteiger partial charge < -0.3 is 14.6 Å². The molecule has 0 aromatic rings. The predicted octanol–water partition coefficient (Wildman–Crippen LogP) is 2.00. The van der Waals surface area contributed by atoms with Gasteiger partial charge in [0.05, 0.1) is 13.2 Å². The Hall–Kier alpha value is -0.610. The molecule has 0 aliphatic rings. The Kier molecular flexibility index (Phi) is 7.39. The van der Waals surface area contributed by atoms with Crippen LogP contribution in [0.4, 0.5) is 0 Å². The first kappa shape index (κ1) is 16.4. The van der Waals surface area contributed by atoms with E-state index in [1.807, 2.05) is 20.8 Å². The minimum atomic E-state index is -1.44. The molecule has 0 aliphatic carbocycles. The predicted molar refractivity (Wildman–Crippen MR) is 66.7 cm³/mol. The van der Waals surface area contributed by atoms with Crippen molar-refractivity contribution in [1.82, 2.24) is 0 Å². The summed E-state index contributed by atoms with van der Waals surface area (Å²) in [4.78, 5) is 11.9. The lowest BCUT2D eigenvalue weighted by Gasteiger charge is -2.36. The number of carbonyl (C=O) groups is 1. The Bertz CT molecular complexity index is 227. The van der Waals surface area contributed by atoms with Crippen molar-refractivity contribution in [3.05, 3.63) is 0 Å². The molecule has 2 atom stereocenters. The van der Waals surface area contributed by atoms with E-state index in [4.69, 9.17) is 9.47 Å². The van der Waals surface area contributed by atoms with Crippen molar-refractivity contribution in [3.8, 4) is 0 Å². The zero-order valence-electron chi connectivity index (χ0n) is 11.7. The maximum absolute atomic E-state index is 11.9. The summed E-state index contributed by atoms with van der Waals surface area (Å²) < 4.78 is 10.1. The number of methoxy groups -OCH3 is 1. The zero-order chi connectivity index (χ0) is 13.5. The summed E-state index contributed by atoms with van der Waals surface area (Å²) >= 11 is 0. The van der Waals surface area contributed by atoms with Crippen molar-refractivity contribution in [2.24, 2.45) is 11.8 Å². The van der Waals surface area contributed by atoms with E-state index in [2.05, 4.69) is 0 Å². The highest BCUT2D eigenvalue weighted by molar-refractivity contribution is 5.79. The van der Waals surface area contributed by atoms with E-state index >= 15 is 0 Å². The van der Waals surface area contributed by atoms with Gasteiger partial charge in [0.25, 0.3) is 0 Å². The summed E-state index contributed by atoms with van der Waals surface area (Å²) in [7, 11) is 1.58. The summed E-state index contributed by atoms with van der Waals surface area (Å²) in [5.41, 5.74) is -1.44. The van der Waals surface area contributed by atoms with E-state index in [0.29, 0.717) is 13.0 Å². The van der Waals surface area contributed by atoms with Gasteiger partial charge in [0.2, 0.25) is 0 Å². The smallest absolute Gasteiger partial charge is 0.338 e. The van der Waals surface area contributed by atoms with Crippen molar-refractivity contribution < 1.29 is 19.4 Å².